The summed E-state index contributed by atoms with van der Waals surface area (Å²) in [5, 5.41) is 8.39. The second-order valence-electron chi connectivity index (χ2n) is 6.76. The molecule has 0 amide bonds. The van der Waals surface area contributed by atoms with Gasteiger partial charge in [-0.05, 0) is 68.1 Å². The van der Waals surface area contributed by atoms with Crippen LogP contribution < -0.4 is 0 Å². The van der Waals surface area contributed by atoms with Gasteiger partial charge in [0.05, 0.1) is 12.7 Å². The van der Waals surface area contributed by atoms with E-state index < -0.39 is 5.83 Å². The molecule has 2 nitrogen and oxygen atoms in total. The van der Waals surface area contributed by atoms with Crippen LogP contribution in [0, 0.1) is 17.2 Å². The Labute approximate surface area is 145 Å². The Hall–Kier alpha value is -1.66. The molecule has 1 aliphatic rings. The van der Waals surface area contributed by atoms with E-state index in [0.717, 1.165) is 38.5 Å². The van der Waals surface area contributed by atoms with E-state index in [0.29, 0.717) is 25.0 Å². The lowest BCUT2D eigenvalue weighted by Crippen LogP contribution is -2.21. The molecular weight excluding hydrogens is 301 g/mol. The molecule has 1 saturated carbocycles. The van der Waals surface area contributed by atoms with E-state index in [2.05, 4.69) is 31.2 Å². The number of halogens is 1. The van der Waals surface area contributed by atoms with Crippen molar-refractivity contribution >= 4 is 0 Å². The molecule has 0 N–H and O–H groups in total. The zero-order valence-corrected chi connectivity index (χ0v) is 14.6. The average Bonchev–Trinajstić information content (AvgIpc) is 2.62. The highest BCUT2D eigenvalue weighted by atomic mass is 19.1. The lowest BCUT2D eigenvalue weighted by molar-refractivity contribution is 0.00645. The van der Waals surface area contributed by atoms with Gasteiger partial charge >= 0.3 is 0 Å². The third-order valence-electron chi connectivity index (χ3n) is 4.85. The first-order valence-corrected chi connectivity index (χ1v) is 9.16. The zero-order valence-electron chi connectivity index (χ0n) is 14.6. The van der Waals surface area contributed by atoms with Crippen molar-refractivity contribution in [1.29, 1.82) is 5.26 Å². The van der Waals surface area contributed by atoms with E-state index in [1.54, 1.807) is 0 Å². The van der Waals surface area contributed by atoms with E-state index in [-0.39, 0.29) is 0 Å². The average molecular weight is 329 g/mol. The minimum Gasteiger partial charge on any atom is -0.374 e. The molecule has 0 atom stereocenters. The fourth-order valence-corrected chi connectivity index (χ4v) is 3.38. The molecule has 0 aliphatic heterocycles. The summed E-state index contributed by atoms with van der Waals surface area (Å²) >= 11 is 0. The third kappa shape index (κ3) is 6.45. The number of aryl methyl sites for hydroxylation is 1. The summed E-state index contributed by atoms with van der Waals surface area (Å²) in [6.07, 6.45) is 10.2. The van der Waals surface area contributed by atoms with Crippen molar-refractivity contribution in [2.24, 2.45) is 5.92 Å². The van der Waals surface area contributed by atoms with E-state index in [1.165, 1.54) is 29.7 Å². The van der Waals surface area contributed by atoms with Crippen molar-refractivity contribution in [1.82, 2.24) is 0 Å². The second kappa shape index (κ2) is 10.3. The molecule has 130 valence electrons. The van der Waals surface area contributed by atoms with Crippen LogP contribution in [0.4, 0.5) is 4.39 Å². The number of hydrogen-bond acceptors (Lipinski definition) is 2. The quantitative estimate of drug-likeness (QED) is 0.559. The summed E-state index contributed by atoms with van der Waals surface area (Å²) in [5.74, 6) is -0.0158. The number of ether oxygens (including phenoxy) is 1. The summed E-state index contributed by atoms with van der Waals surface area (Å²) in [6, 6.07) is 10.3. The number of nitriles is 1. The minimum absolute atomic E-state index is 0.350. The number of nitrogens with zero attached hydrogens (tertiary/aromatic N) is 1. The lowest BCUT2D eigenvalue weighted by Gasteiger charge is -2.28. The SMILES string of the molecule is CCCc1ccc(CO[C@H]2CC[C@H](CC/C=C(\F)C#N)CC2)cc1. The van der Waals surface area contributed by atoms with Crippen molar-refractivity contribution < 1.29 is 9.13 Å². The predicted octanol–water partition coefficient (Wildman–Crippen LogP) is 5.87. The summed E-state index contributed by atoms with van der Waals surface area (Å²) in [4.78, 5) is 0. The Kier molecular flexibility index (Phi) is 7.98. The number of benzene rings is 1. The van der Waals surface area contributed by atoms with Crippen LogP contribution in [0.3, 0.4) is 0 Å². The number of allylic oxidation sites excluding steroid dienone is 2. The highest BCUT2D eigenvalue weighted by Crippen LogP contribution is 2.30. The first-order valence-electron chi connectivity index (χ1n) is 9.16. The first-order chi connectivity index (χ1) is 11.7. The zero-order chi connectivity index (χ0) is 17.2. The van der Waals surface area contributed by atoms with Gasteiger partial charge in [0.25, 0.3) is 0 Å². The van der Waals surface area contributed by atoms with Crippen molar-refractivity contribution in [3.63, 3.8) is 0 Å². The maximum atomic E-state index is 12.8. The van der Waals surface area contributed by atoms with Gasteiger partial charge in [-0.15, -0.1) is 0 Å². The van der Waals surface area contributed by atoms with Crippen LogP contribution in [-0.2, 0) is 17.8 Å². The summed E-state index contributed by atoms with van der Waals surface area (Å²) in [7, 11) is 0. The van der Waals surface area contributed by atoms with E-state index in [9.17, 15) is 4.39 Å². The van der Waals surface area contributed by atoms with Gasteiger partial charge in [0.2, 0.25) is 0 Å². The molecule has 2 rings (SSSR count). The smallest absolute Gasteiger partial charge is 0.196 e. The van der Waals surface area contributed by atoms with E-state index in [4.69, 9.17) is 10.00 Å². The molecule has 0 heterocycles. The molecule has 1 aliphatic carbocycles. The lowest BCUT2D eigenvalue weighted by atomic mass is 9.84. The fraction of sp³-hybridized carbons (Fsp3) is 0.571. The summed E-state index contributed by atoms with van der Waals surface area (Å²) in [5.41, 5.74) is 2.64. The topological polar surface area (TPSA) is 33.0 Å². The summed E-state index contributed by atoms with van der Waals surface area (Å²) in [6.45, 7) is 2.89. The Bertz CT molecular complexity index is 550. The third-order valence-corrected chi connectivity index (χ3v) is 4.85. The molecule has 24 heavy (non-hydrogen) atoms. The predicted molar refractivity (Wildman–Crippen MR) is 95.0 cm³/mol. The van der Waals surface area contributed by atoms with E-state index >= 15 is 0 Å². The molecule has 0 radical (unpaired) electrons. The second-order valence-corrected chi connectivity index (χ2v) is 6.76. The minimum atomic E-state index is -0.656. The van der Waals surface area contributed by atoms with Gasteiger partial charge in [-0.1, -0.05) is 37.6 Å². The van der Waals surface area contributed by atoms with Gasteiger partial charge in [-0.2, -0.15) is 9.65 Å². The van der Waals surface area contributed by atoms with Crippen molar-refractivity contribution in [2.45, 2.75) is 71.0 Å². The monoisotopic (exact) mass is 329 g/mol. The summed E-state index contributed by atoms with van der Waals surface area (Å²) < 4.78 is 18.8. The Morgan fingerprint density at radius 1 is 1.21 bits per heavy atom. The van der Waals surface area contributed by atoms with Crippen LogP contribution >= 0.6 is 0 Å². The maximum Gasteiger partial charge on any atom is 0.196 e. The molecule has 0 unspecified atom stereocenters. The number of hydrogen-bond donors (Lipinski definition) is 0. The molecule has 0 saturated heterocycles. The maximum absolute atomic E-state index is 12.8. The van der Waals surface area contributed by atoms with Crippen LogP contribution in [-0.4, -0.2) is 6.10 Å². The van der Waals surface area contributed by atoms with Crippen molar-refractivity contribution in [2.75, 3.05) is 0 Å². The van der Waals surface area contributed by atoms with Crippen molar-refractivity contribution in [3.8, 4) is 6.07 Å². The fourth-order valence-electron chi connectivity index (χ4n) is 3.38. The molecule has 0 aromatic heterocycles. The molecule has 0 bridgehead atoms. The first kappa shape index (κ1) is 18.7. The Balaban J connectivity index is 1.65. The van der Waals surface area contributed by atoms with Gasteiger partial charge in [-0.25, -0.2) is 0 Å². The molecule has 1 aromatic rings. The largest absolute Gasteiger partial charge is 0.374 e. The van der Waals surface area contributed by atoms with Crippen molar-refractivity contribution in [3.05, 3.63) is 47.3 Å². The molecule has 0 spiro atoms. The number of rotatable bonds is 8. The standard InChI is InChI=1S/C21H28FNO/c1-2-4-17-7-9-19(10-8-17)16-24-21-13-11-18(12-14-21)5-3-6-20(22)15-23/h6-10,18,21H,2-5,11-14,16H2,1H3/b20-6-/t18-,21-. The highest BCUT2D eigenvalue weighted by Gasteiger charge is 2.21. The normalized spacial score (nSPS) is 21.5. The van der Waals surface area contributed by atoms with E-state index in [1.807, 2.05) is 0 Å². The van der Waals surface area contributed by atoms with Crippen LogP contribution in [0.25, 0.3) is 0 Å². The van der Waals surface area contributed by atoms with Gasteiger partial charge in [0.1, 0.15) is 6.07 Å². The highest BCUT2D eigenvalue weighted by molar-refractivity contribution is 5.22. The Morgan fingerprint density at radius 3 is 2.50 bits per heavy atom. The van der Waals surface area contributed by atoms with Gasteiger partial charge in [-0.3, -0.25) is 0 Å². The molecule has 1 fully saturated rings. The van der Waals surface area contributed by atoms with Gasteiger partial charge in [0, 0.05) is 0 Å². The molecular formula is C21H28FNO. The van der Waals surface area contributed by atoms with Crippen LogP contribution in [0.2, 0.25) is 0 Å². The Morgan fingerprint density at radius 2 is 1.88 bits per heavy atom. The van der Waals surface area contributed by atoms with Crippen LogP contribution in [0.5, 0.6) is 0 Å². The molecule has 1 aromatic carbocycles. The van der Waals surface area contributed by atoms with Gasteiger partial charge in [0.15, 0.2) is 5.83 Å². The molecule has 3 heteroatoms. The van der Waals surface area contributed by atoms with Crippen LogP contribution in [0.1, 0.15) is 63.0 Å². The van der Waals surface area contributed by atoms with Gasteiger partial charge < -0.3 is 4.74 Å². The van der Waals surface area contributed by atoms with Crippen LogP contribution in [0.15, 0.2) is 36.2 Å².